The molecule has 1 aliphatic heterocycles. The molecule has 0 N–H and O–H groups in total. The van der Waals surface area contributed by atoms with Crippen molar-refractivity contribution in [3.8, 4) is 0 Å². The first-order valence-corrected chi connectivity index (χ1v) is 7.95. The summed E-state index contributed by atoms with van der Waals surface area (Å²) in [5.74, 6) is 0.149. The SMILES string of the molecule is CCN1CCN(C(=O)c2cc(Br)ccc2I)CC1. The molecule has 1 amide bonds. The van der Waals surface area contributed by atoms with Crippen LogP contribution >= 0.6 is 38.5 Å². The molecule has 1 fully saturated rings. The van der Waals surface area contributed by atoms with Crippen molar-refractivity contribution in [1.29, 1.82) is 0 Å². The number of amides is 1. The molecule has 3 nitrogen and oxygen atoms in total. The van der Waals surface area contributed by atoms with Gasteiger partial charge in [0.05, 0.1) is 5.56 Å². The van der Waals surface area contributed by atoms with Crippen molar-refractivity contribution in [2.45, 2.75) is 6.92 Å². The topological polar surface area (TPSA) is 23.6 Å². The summed E-state index contributed by atoms with van der Waals surface area (Å²) in [6.45, 7) is 6.84. The van der Waals surface area contributed by atoms with E-state index < -0.39 is 0 Å². The largest absolute Gasteiger partial charge is 0.336 e. The van der Waals surface area contributed by atoms with E-state index in [0.29, 0.717) is 0 Å². The van der Waals surface area contributed by atoms with E-state index in [2.05, 4.69) is 50.3 Å². The molecular weight excluding hydrogens is 407 g/mol. The summed E-state index contributed by atoms with van der Waals surface area (Å²) in [7, 11) is 0. The lowest BCUT2D eigenvalue weighted by Crippen LogP contribution is -2.48. The van der Waals surface area contributed by atoms with Crippen LogP contribution in [0.3, 0.4) is 0 Å². The minimum atomic E-state index is 0.149. The number of hydrogen-bond acceptors (Lipinski definition) is 2. The molecule has 0 aromatic heterocycles. The number of carbonyl (C=O) groups is 1. The number of piperazine rings is 1. The molecule has 2 rings (SSSR count). The Labute approximate surface area is 130 Å². The lowest BCUT2D eigenvalue weighted by atomic mass is 10.2. The first kappa shape index (κ1) is 14.3. The third-order valence-corrected chi connectivity index (χ3v) is 4.70. The fourth-order valence-corrected chi connectivity index (χ4v) is 3.03. The summed E-state index contributed by atoms with van der Waals surface area (Å²) in [5.41, 5.74) is 0.801. The Kier molecular flexibility index (Phi) is 5.03. The Morgan fingerprint density at radius 3 is 2.61 bits per heavy atom. The highest BCUT2D eigenvalue weighted by molar-refractivity contribution is 14.1. The van der Waals surface area contributed by atoms with Gasteiger partial charge in [-0.1, -0.05) is 22.9 Å². The lowest BCUT2D eigenvalue weighted by molar-refractivity contribution is 0.0642. The van der Waals surface area contributed by atoms with Crippen molar-refractivity contribution < 1.29 is 4.79 Å². The van der Waals surface area contributed by atoms with Crippen molar-refractivity contribution in [3.63, 3.8) is 0 Å². The van der Waals surface area contributed by atoms with E-state index in [9.17, 15) is 4.79 Å². The highest BCUT2D eigenvalue weighted by atomic mass is 127. The van der Waals surface area contributed by atoms with E-state index in [4.69, 9.17) is 0 Å². The van der Waals surface area contributed by atoms with Gasteiger partial charge < -0.3 is 9.80 Å². The number of likely N-dealkylation sites (N-methyl/N-ethyl adjacent to an activating group) is 1. The number of nitrogens with zero attached hydrogens (tertiary/aromatic N) is 2. The Balaban J connectivity index is 2.10. The van der Waals surface area contributed by atoms with Crippen LogP contribution in [-0.4, -0.2) is 48.4 Å². The van der Waals surface area contributed by atoms with Gasteiger partial charge >= 0.3 is 0 Å². The van der Waals surface area contributed by atoms with Gasteiger partial charge in [-0.05, 0) is 47.3 Å². The molecule has 5 heteroatoms. The maximum atomic E-state index is 12.4. The number of benzene rings is 1. The maximum absolute atomic E-state index is 12.4. The molecule has 1 aromatic carbocycles. The number of carbonyl (C=O) groups excluding carboxylic acids is 1. The van der Waals surface area contributed by atoms with Gasteiger partial charge in [-0.25, -0.2) is 0 Å². The second-order valence-corrected chi connectivity index (χ2v) is 6.43. The molecule has 1 saturated heterocycles. The number of halogens is 2. The summed E-state index contributed by atoms with van der Waals surface area (Å²) in [6, 6.07) is 5.85. The zero-order valence-electron chi connectivity index (χ0n) is 10.3. The molecule has 1 aliphatic rings. The van der Waals surface area contributed by atoms with Gasteiger partial charge in [0.2, 0.25) is 0 Å². The molecule has 1 heterocycles. The summed E-state index contributed by atoms with van der Waals surface area (Å²) in [4.78, 5) is 16.8. The van der Waals surface area contributed by atoms with Gasteiger partial charge in [0.1, 0.15) is 0 Å². The molecule has 0 unspecified atom stereocenters. The predicted molar refractivity (Wildman–Crippen MR) is 84.9 cm³/mol. The highest BCUT2D eigenvalue weighted by Crippen LogP contribution is 2.20. The molecule has 98 valence electrons. The van der Waals surface area contributed by atoms with Crippen molar-refractivity contribution in [3.05, 3.63) is 31.8 Å². The Morgan fingerprint density at radius 2 is 2.00 bits per heavy atom. The number of hydrogen-bond donors (Lipinski definition) is 0. The molecule has 1 aromatic rings. The van der Waals surface area contributed by atoms with Crippen molar-refractivity contribution in [1.82, 2.24) is 9.80 Å². The van der Waals surface area contributed by atoms with Crippen LogP contribution in [-0.2, 0) is 0 Å². The van der Waals surface area contributed by atoms with Crippen molar-refractivity contribution in [2.24, 2.45) is 0 Å². The van der Waals surface area contributed by atoms with Crippen LogP contribution in [0.1, 0.15) is 17.3 Å². The lowest BCUT2D eigenvalue weighted by Gasteiger charge is -2.34. The molecule has 0 aliphatic carbocycles. The monoisotopic (exact) mass is 422 g/mol. The van der Waals surface area contributed by atoms with Crippen molar-refractivity contribution >= 4 is 44.4 Å². The van der Waals surface area contributed by atoms with Crippen LogP contribution < -0.4 is 0 Å². The Bertz CT molecular complexity index is 445. The minimum absolute atomic E-state index is 0.149. The van der Waals surface area contributed by atoms with Gasteiger partial charge in [0.15, 0.2) is 0 Å². The fraction of sp³-hybridized carbons (Fsp3) is 0.462. The van der Waals surface area contributed by atoms with E-state index >= 15 is 0 Å². The van der Waals surface area contributed by atoms with Crippen LogP contribution in [0.15, 0.2) is 22.7 Å². The molecule has 0 spiro atoms. The summed E-state index contributed by atoms with van der Waals surface area (Å²) in [5, 5.41) is 0. The minimum Gasteiger partial charge on any atom is -0.336 e. The zero-order valence-corrected chi connectivity index (χ0v) is 14.1. The highest BCUT2D eigenvalue weighted by Gasteiger charge is 2.22. The Hall–Kier alpha value is -0.140. The smallest absolute Gasteiger partial charge is 0.255 e. The summed E-state index contributed by atoms with van der Waals surface area (Å²) < 4.78 is 1.97. The van der Waals surface area contributed by atoms with Crippen LogP contribution in [0, 0.1) is 3.57 Å². The van der Waals surface area contributed by atoms with E-state index in [-0.39, 0.29) is 5.91 Å². The van der Waals surface area contributed by atoms with E-state index in [1.807, 2.05) is 23.1 Å². The maximum Gasteiger partial charge on any atom is 0.255 e. The first-order valence-electron chi connectivity index (χ1n) is 6.08. The van der Waals surface area contributed by atoms with Gasteiger partial charge in [-0.15, -0.1) is 0 Å². The van der Waals surface area contributed by atoms with Crippen molar-refractivity contribution in [2.75, 3.05) is 32.7 Å². The molecule has 0 atom stereocenters. The fourth-order valence-electron chi connectivity index (χ4n) is 2.10. The number of rotatable bonds is 2. The molecule has 18 heavy (non-hydrogen) atoms. The van der Waals surface area contributed by atoms with Gasteiger partial charge in [0.25, 0.3) is 5.91 Å². The van der Waals surface area contributed by atoms with Crippen LogP contribution in [0.5, 0.6) is 0 Å². The summed E-state index contributed by atoms with van der Waals surface area (Å²) in [6.07, 6.45) is 0. The average Bonchev–Trinajstić information content (AvgIpc) is 2.41. The van der Waals surface area contributed by atoms with Gasteiger partial charge in [-0.3, -0.25) is 4.79 Å². The van der Waals surface area contributed by atoms with Gasteiger partial charge in [-0.2, -0.15) is 0 Å². The standard InChI is InChI=1S/C13H16BrIN2O/c1-2-16-5-7-17(8-6-16)13(18)11-9-10(14)3-4-12(11)15/h3-4,9H,2,5-8H2,1H3. The quantitative estimate of drug-likeness (QED) is 0.684. The second-order valence-electron chi connectivity index (χ2n) is 4.35. The predicted octanol–water partition coefficient (Wildman–Crippen LogP) is 2.83. The normalized spacial score (nSPS) is 16.9. The summed E-state index contributed by atoms with van der Waals surface area (Å²) >= 11 is 5.65. The van der Waals surface area contributed by atoms with Crippen LogP contribution in [0.2, 0.25) is 0 Å². The average molecular weight is 423 g/mol. The van der Waals surface area contributed by atoms with Crippen LogP contribution in [0.4, 0.5) is 0 Å². The molecule has 0 radical (unpaired) electrons. The molecule has 0 saturated carbocycles. The molecule has 0 bridgehead atoms. The van der Waals surface area contributed by atoms with Crippen LogP contribution in [0.25, 0.3) is 0 Å². The zero-order chi connectivity index (χ0) is 13.1. The third kappa shape index (κ3) is 3.24. The second kappa shape index (κ2) is 6.34. The van der Waals surface area contributed by atoms with Gasteiger partial charge in [0, 0.05) is 34.2 Å². The molecular formula is C13H16BrIN2O. The third-order valence-electron chi connectivity index (χ3n) is 3.27. The Morgan fingerprint density at radius 1 is 1.33 bits per heavy atom. The first-order chi connectivity index (χ1) is 8.61. The van der Waals surface area contributed by atoms with E-state index in [0.717, 1.165) is 46.3 Å². The van der Waals surface area contributed by atoms with E-state index in [1.54, 1.807) is 0 Å². The van der Waals surface area contributed by atoms with E-state index in [1.165, 1.54) is 0 Å².